The highest BCUT2D eigenvalue weighted by Crippen LogP contribution is 2.27. The minimum absolute atomic E-state index is 0.169. The number of sulfonamides is 1. The summed E-state index contributed by atoms with van der Waals surface area (Å²) in [5.41, 5.74) is 0. The number of aliphatic hydroxyl groups excluding tert-OH is 1. The lowest BCUT2D eigenvalue weighted by atomic mass is 10.4. The third kappa shape index (κ3) is 4.35. The van der Waals surface area contributed by atoms with Gasteiger partial charge in [0.15, 0.2) is 0 Å². The Morgan fingerprint density at radius 2 is 2.05 bits per heavy atom. The summed E-state index contributed by atoms with van der Waals surface area (Å²) < 4.78 is 49.9. The maximum Gasteiger partial charge on any atom is 0.252 e. The topological polar surface area (TPSA) is 57.6 Å². The van der Waals surface area contributed by atoms with Crippen molar-refractivity contribution in [2.45, 2.75) is 11.3 Å². The highest BCUT2D eigenvalue weighted by atomic mass is 79.9. The van der Waals surface area contributed by atoms with Crippen LogP contribution in [0.1, 0.15) is 0 Å². The summed E-state index contributed by atoms with van der Waals surface area (Å²) in [4.78, 5) is -0.169. The molecule has 0 saturated carbocycles. The number of aliphatic hydroxyl groups is 1. The fraction of sp³-hybridized carbons (Fsp3) is 0.400. The van der Waals surface area contributed by atoms with Gasteiger partial charge in [-0.25, -0.2) is 17.2 Å². The van der Waals surface area contributed by atoms with Gasteiger partial charge in [0.25, 0.3) is 6.43 Å². The van der Waals surface area contributed by atoms with Gasteiger partial charge in [0.1, 0.15) is 0 Å². The average molecular weight is 379 g/mol. The lowest BCUT2D eigenvalue weighted by molar-refractivity contribution is 0.113. The van der Waals surface area contributed by atoms with E-state index in [0.717, 1.165) is 0 Å². The molecule has 1 aromatic carbocycles. The predicted molar refractivity (Wildman–Crippen MR) is 71.0 cm³/mol. The first-order valence-corrected chi connectivity index (χ1v) is 7.74. The smallest absolute Gasteiger partial charge is 0.252 e. The van der Waals surface area contributed by atoms with Gasteiger partial charge < -0.3 is 5.11 Å². The molecule has 0 saturated heterocycles. The van der Waals surface area contributed by atoms with Crippen LogP contribution in [-0.2, 0) is 10.0 Å². The number of alkyl halides is 2. The van der Waals surface area contributed by atoms with Crippen LogP contribution in [0.15, 0.2) is 27.6 Å². The second kappa shape index (κ2) is 6.94. The van der Waals surface area contributed by atoms with Gasteiger partial charge in [-0.05, 0) is 34.1 Å². The van der Waals surface area contributed by atoms with E-state index >= 15 is 0 Å². The lowest BCUT2D eigenvalue weighted by Gasteiger charge is -2.21. The first kappa shape index (κ1) is 16.8. The van der Waals surface area contributed by atoms with Crippen molar-refractivity contribution in [1.82, 2.24) is 4.31 Å². The number of benzene rings is 1. The zero-order valence-electron chi connectivity index (χ0n) is 9.56. The van der Waals surface area contributed by atoms with Gasteiger partial charge in [0.2, 0.25) is 10.0 Å². The zero-order chi connectivity index (χ0) is 14.6. The molecule has 0 spiro atoms. The van der Waals surface area contributed by atoms with Crippen LogP contribution in [0.3, 0.4) is 0 Å². The first-order chi connectivity index (χ1) is 8.78. The third-order valence-electron chi connectivity index (χ3n) is 2.22. The molecular formula is C10H11BrClF2NO3S. The number of hydrogen-bond donors (Lipinski definition) is 1. The van der Waals surface area contributed by atoms with Gasteiger partial charge in [0, 0.05) is 11.0 Å². The first-order valence-electron chi connectivity index (χ1n) is 5.13. The second-order valence-corrected chi connectivity index (χ2v) is 6.75. The number of hydrogen-bond acceptors (Lipinski definition) is 3. The Hall–Kier alpha value is -0.280. The Morgan fingerprint density at radius 3 is 2.53 bits per heavy atom. The predicted octanol–water partition coefficient (Wildman–Crippen LogP) is 2.35. The fourth-order valence-corrected chi connectivity index (χ4v) is 3.45. The Kier molecular flexibility index (Phi) is 6.13. The molecule has 0 unspecified atom stereocenters. The summed E-state index contributed by atoms with van der Waals surface area (Å²) in [6.45, 7) is -1.91. The van der Waals surface area contributed by atoms with E-state index in [-0.39, 0.29) is 4.90 Å². The lowest BCUT2D eigenvalue weighted by Crippen LogP contribution is -2.37. The molecular weight excluding hydrogens is 368 g/mol. The molecule has 0 aliphatic rings. The van der Waals surface area contributed by atoms with E-state index in [1.165, 1.54) is 18.2 Å². The highest BCUT2D eigenvalue weighted by molar-refractivity contribution is 9.10. The summed E-state index contributed by atoms with van der Waals surface area (Å²) in [6.07, 6.45) is -2.82. The summed E-state index contributed by atoms with van der Waals surface area (Å²) in [6, 6.07) is 3.80. The minimum Gasteiger partial charge on any atom is -0.395 e. The largest absolute Gasteiger partial charge is 0.395 e. The number of halogens is 4. The van der Waals surface area contributed by atoms with Crippen molar-refractivity contribution < 1.29 is 22.3 Å². The maximum absolute atomic E-state index is 12.4. The van der Waals surface area contributed by atoms with Gasteiger partial charge in [-0.1, -0.05) is 11.6 Å². The molecule has 0 amide bonds. The van der Waals surface area contributed by atoms with E-state index in [9.17, 15) is 17.2 Å². The van der Waals surface area contributed by atoms with Gasteiger partial charge in [-0.15, -0.1) is 0 Å². The molecule has 0 radical (unpaired) electrons. The molecule has 0 aliphatic heterocycles. The van der Waals surface area contributed by atoms with Crippen molar-refractivity contribution in [3.63, 3.8) is 0 Å². The molecule has 4 nitrogen and oxygen atoms in total. The second-order valence-electron chi connectivity index (χ2n) is 3.55. The Bertz CT molecular complexity index is 542. The Morgan fingerprint density at radius 1 is 1.42 bits per heavy atom. The third-order valence-corrected chi connectivity index (χ3v) is 5.29. The molecule has 1 rings (SSSR count). The van der Waals surface area contributed by atoms with Crippen molar-refractivity contribution in [3.05, 3.63) is 27.7 Å². The number of nitrogens with zero attached hydrogens (tertiary/aromatic N) is 1. The van der Waals surface area contributed by atoms with Gasteiger partial charge >= 0.3 is 0 Å². The molecule has 0 fully saturated rings. The van der Waals surface area contributed by atoms with Crippen LogP contribution in [-0.4, -0.2) is 44.0 Å². The van der Waals surface area contributed by atoms with Gasteiger partial charge in [0.05, 0.1) is 23.1 Å². The Labute approximate surface area is 123 Å². The summed E-state index contributed by atoms with van der Waals surface area (Å²) in [5, 5.41) is 9.08. The van der Waals surface area contributed by atoms with E-state index in [4.69, 9.17) is 16.7 Å². The molecule has 0 aromatic heterocycles. The molecule has 9 heteroatoms. The quantitative estimate of drug-likeness (QED) is 0.827. The van der Waals surface area contributed by atoms with E-state index in [1.54, 1.807) is 0 Å². The van der Waals surface area contributed by atoms with Crippen LogP contribution >= 0.6 is 27.5 Å². The van der Waals surface area contributed by atoms with Gasteiger partial charge in [-0.3, -0.25) is 0 Å². The van der Waals surface area contributed by atoms with Gasteiger partial charge in [-0.2, -0.15) is 4.31 Å². The van der Waals surface area contributed by atoms with Crippen LogP contribution in [0.25, 0.3) is 0 Å². The minimum atomic E-state index is -4.09. The normalized spacial score (nSPS) is 12.4. The maximum atomic E-state index is 12.4. The molecule has 108 valence electrons. The van der Waals surface area contributed by atoms with Crippen LogP contribution in [0, 0.1) is 0 Å². The highest BCUT2D eigenvalue weighted by Gasteiger charge is 2.27. The monoisotopic (exact) mass is 377 g/mol. The van der Waals surface area contributed by atoms with Crippen LogP contribution in [0.2, 0.25) is 5.02 Å². The average Bonchev–Trinajstić information content (AvgIpc) is 2.31. The number of rotatable bonds is 6. The van der Waals surface area contributed by atoms with E-state index in [1.807, 2.05) is 0 Å². The SMILES string of the molecule is O=S(=O)(c1ccc(Cl)c(Br)c1)N(CCO)CC(F)F. The molecule has 1 N–H and O–H groups in total. The molecule has 0 heterocycles. The molecule has 0 aliphatic carbocycles. The molecule has 0 atom stereocenters. The summed E-state index contributed by atoms with van der Waals surface area (Å²) in [5.74, 6) is 0. The van der Waals surface area contributed by atoms with Crippen molar-refractivity contribution in [2.24, 2.45) is 0 Å². The van der Waals surface area contributed by atoms with E-state index in [0.29, 0.717) is 13.8 Å². The van der Waals surface area contributed by atoms with Crippen molar-refractivity contribution in [3.8, 4) is 0 Å². The molecule has 1 aromatic rings. The fourth-order valence-electron chi connectivity index (χ4n) is 1.36. The van der Waals surface area contributed by atoms with Crippen LogP contribution in [0.5, 0.6) is 0 Å². The summed E-state index contributed by atoms with van der Waals surface area (Å²) in [7, 11) is -4.09. The Balaban J connectivity index is 3.14. The van der Waals surface area contributed by atoms with E-state index < -0.39 is 36.1 Å². The van der Waals surface area contributed by atoms with Crippen molar-refractivity contribution >= 4 is 37.6 Å². The van der Waals surface area contributed by atoms with Crippen LogP contribution in [0.4, 0.5) is 8.78 Å². The van der Waals surface area contributed by atoms with Crippen LogP contribution < -0.4 is 0 Å². The van der Waals surface area contributed by atoms with Crippen molar-refractivity contribution in [2.75, 3.05) is 19.7 Å². The molecule has 0 bridgehead atoms. The van der Waals surface area contributed by atoms with Crippen molar-refractivity contribution in [1.29, 1.82) is 0 Å². The zero-order valence-corrected chi connectivity index (χ0v) is 12.7. The summed E-state index contributed by atoms with van der Waals surface area (Å²) >= 11 is 8.81. The molecule has 19 heavy (non-hydrogen) atoms. The standard InChI is InChI=1S/C10H11BrClF2NO3S/c11-8-5-7(1-2-9(8)12)19(17,18)15(3-4-16)6-10(13)14/h1-2,5,10,16H,3-4,6H2. The van der Waals surface area contributed by atoms with E-state index in [2.05, 4.69) is 15.9 Å².